The number of hydrogen-bond acceptors (Lipinski definition) is 3. The lowest BCUT2D eigenvalue weighted by molar-refractivity contribution is -0.384. The molecule has 1 aromatic carbocycles. The van der Waals surface area contributed by atoms with Gasteiger partial charge in [0.15, 0.2) is 0 Å². The van der Waals surface area contributed by atoms with Gasteiger partial charge in [0.2, 0.25) is 0 Å². The zero-order valence-electron chi connectivity index (χ0n) is 10.8. The highest BCUT2D eigenvalue weighted by atomic mass is 16.6. The lowest BCUT2D eigenvalue weighted by atomic mass is 10.2. The average molecular weight is 248 g/mol. The van der Waals surface area contributed by atoms with Gasteiger partial charge in [0, 0.05) is 25.2 Å². The van der Waals surface area contributed by atoms with Crippen molar-refractivity contribution in [1.82, 2.24) is 4.90 Å². The van der Waals surface area contributed by atoms with Crippen molar-refractivity contribution >= 4 is 5.69 Å². The van der Waals surface area contributed by atoms with Crippen LogP contribution in [0.1, 0.15) is 31.7 Å². The van der Waals surface area contributed by atoms with E-state index in [0.717, 1.165) is 31.0 Å². The summed E-state index contributed by atoms with van der Waals surface area (Å²) in [4.78, 5) is 12.7. The zero-order valence-corrected chi connectivity index (χ0v) is 10.8. The van der Waals surface area contributed by atoms with Crippen LogP contribution in [0, 0.1) is 16.0 Å². The summed E-state index contributed by atoms with van der Waals surface area (Å²) >= 11 is 0. The van der Waals surface area contributed by atoms with Crippen LogP contribution in [0.2, 0.25) is 0 Å². The maximum atomic E-state index is 10.6. The van der Waals surface area contributed by atoms with E-state index in [2.05, 4.69) is 11.8 Å². The van der Waals surface area contributed by atoms with E-state index in [1.165, 1.54) is 19.4 Å². The van der Waals surface area contributed by atoms with Gasteiger partial charge >= 0.3 is 0 Å². The molecule has 1 fully saturated rings. The van der Waals surface area contributed by atoms with E-state index >= 15 is 0 Å². The second-order valence-electron chi connectivity index (χ2n) is 5.10. The van der Waals surface area contributed by atoms with Gasteiger partial charge in [-0.15, -0.1) is 0 Å². The fourth-order valence-electron chi connectivity index (χ4n) is 2.20. The highest BCUT2D eigenvalue weighted by molar-refractivity contribution is 5.32. The summed E-state index contributed by atoms with van der Waals surface area (Å²) in [7, 11) is 0. The number of rotatable bonds is 7. The molecule has 1 saturated carbocycles. The molecule has 4 nitrogen and oxygen atoms in total. The van der Waals surface area contributed by atoms with Crippen molar-refractivity contribution < 1.29 is 4.92 Å². The second-order valence-corrected chi connectivity index (χ2v) is 5.10. The van der Waals surface area contributed by atoms with Crippen molar-refractivity contribution in [1.29, 1.82) is 0 Å². The summed E-state index contributed by atoms with van der Waals surface area (Å²) in [6, 6.07) is 6.93. The monoisotopic (exact) mass is 248 g/mol. The van der Waals surface area contributed by atoms with Gasteiger partial charge in [0.05, 0.1) is 4.92 Å². The van der Waals surface area contributed by atoms with E-state index in [9.17, 15) is 10.1 Å². The summed E-state index contributed by atoms with van der Waals surface area (Å²) in [6.07, 6.45) is 3.88. The van der Waals surface area contributed by atoms with Gasteiger partial charge in [-0.3, -0.25) is 15.0 Å². The third-order valence-electron chi connectivity index (χ3n) is 3.31. The van der Waals surface area contributed by atoms with Gasteiger partial charge in [-0.25, -0.2) is 0 Å². The standard InChI is InChI=1S/C14H20N2O2/c1-2-9-15(10-12-3-4-12)11-13-5-7-14(8-6-13)16(17)18/h5-8,12H,2-4,9-11H2,1H3. The third-order valence-corrected chi connectivity index (χ3v) is 3.31. The summed E-state index contributed by atoms with van der Waals surface area (Å²) in [5.41, 5.74) is 1.33. The molecule has 2 rings (SSSR count). The molecule has 0 bridgehead atoms. The van der Waals surface area contributed by atoms with Crippen molar-refractivity contribution in [2.24, 2.45) is 5.92 Å². The predicted octanol–water partition coefficient (Wildman–Crippen LogP) is 3.22. The zero-order chi connectivity index (χ0) is 13.0. The number of nitro groups is 1. The van der Waals surface area contributed by atoms with Gasteiger partial charge in [-0.05, 0) is 37.3 Å². The van der Waals surface area contributed by atoms with Gasteiger partial charge in [0.1, 0.15) is 0 Å². The van der Waals surface area contributed by atoms with E-state index < -0.39 is 0 Å². The Hall–Kier alpha value is -1.42. The first kappa shape index (κ1) is 13.0. The Morgan fingerprint density at radius 1 is 1.33 bits per heavy atom. The Bertz CT molecular complexity index is 399. The quantitative estimate of drug-likeness (QED) is 0.550. The molecule has 0 radical (unpaired) electrons. The molecule has 0 heterocycles. The molecule has 0 N–H and O–H groups in total. The van der Waals surface area contributed by atoms with Crippen LogP contribution >= 0.6 is 0 Å². The maximum absolute atomic E-state index is 10.6. The summed E-state index contributed by atoms with van der Waals surface area (Å²) in [6.45, 7) is 5.37. The molecule has 98 valence electrons. The lowest BCUT2D eigenvalue weighted by Gasteiger charge is -2.21. The van der Waals surface area contributed by atoms with Crippen molar-refractivity contribution in [3.63, 3.8) is 0 Å². The largest absolute Gasteiger partial charge is 0.299 e. The fourth-order valence-corrected chi connectivity index (χ4v) is 2.20. The Morgan fingerprint density at radius 2 is 2.00 bits per heavy atom. The second kappa shape index (κ2) is 5.96. The molecule has 4 heteroatoms. The Kier molecular flexibility index (Phi) is 4.31. The minimum atomic E-state index is -0.349. The van der Waals surface area contributed by atoms with Gasteiger partial charge < -0.3 is 0 Å². The molecule has 0 amide bonds. The summed E-state index contributed by atoms with van der Waals surface area (Å²) in [5.74, 6) is 0.884. The van der Waals surface area contributed by atoms with Crippen molar-refractivity contribution in [3.8, 4) is 0 Å². The van der Waals surface area contributed by atoms with Gasteiger partial charge in [-0.1, -0.05) is 19.1 Å². The van der Waals surface area contributed by atoms with Crippen molar-refractivity contribution in [2.45, 2.75) is 32.7 Å². The van der Waals surface area contributed by atoms with E-state index in [0.29, 0.717) is 0 Å². The molecule has 0 unspecified atom stereocenters. The minimum absolute atomic E-state index is 0.169. The van der Waals surface area contributed by atoms with Crippen molar-refractivity contribution in [2.75, 3.05) is 13.1 Å². The van der Waals surface area contributed by atoms with Crippen LogP contribution in [0.25, 0.3) is 0 Å². The SMILES string of the molecule is CCCN(Cc1ccc([N+](=O)[O-])cc1)CC1CC1. The fraction of sp³-hybridized carbons (Fsp3) is 0.571. The van der Waals surface area contributed by atoms with E-state index in [1.54, 1.807) is 12.1 Å². The molecule has 0 aromatic heterocycles. The van der Waals surface area contributed by atoms with Crippen LogP contribution in [0.15, 0.2) is 24.3 Å². The first-order valence-corrected chi connectivity index (χ1v) is 6.64. The van der Waals surface area contributed by atoms with Crippen LogP contribution in [-0.2, 0) is 6.54 Å². The topological polar surface area (TPSA) is 46.4 Å². The number of benzene rings is 1. The minimum Gasteiger partial charge on any atom is -0.299 e. The van der Waals surface area contributed by atoms with Crippen LogP contribution in [0.5, 0.6) is 0 Å². The highest BCUT2D eigenvalue weighted by Gasteiger charge is 2.23. The number of non-ortho nitro benzene ring substituents is 1. The number of nitrogens with zero attached hydrogens (tertiary/aromatic N) is 2. The van der Waals surface area contributed by atoms with Gasteiger partial charge in [-0.2, -0.15) is 0 Å². The van der Waals surface area contributed by atoms with E-state index in [4.69, 9.17) is 0 Å². The lowest BCUT2D eigenvalue weighted by Crippen LogP contribution is -2.26. The normalized spacial score (nSPS) is 15.0. The third kappa shape index (κ3) is 3.81. The average Bonchev–Trinajstić information content (AvgIpc) is 3.14. The Balaban J connectivity index is 1.94. The predicted molar refractivity (Wildman–Crippen MR) is 71.4 cm³/mol. The molecule has 0 atom stereocenters. The van der Waals surface area contributed by atoms with Crippen LogP contribution in [-0.4, -0.2) is 22.9 Å². The number of nitro benzene ring substituents is 1. The first-order chi connectivity index (χ1) is 8.69. The van der Waals surface area contributed by atoms with E-state index in [1.807, 2.05) is 12.1 Å². The van der Waals surface area contributed by atoms with E-state index in [-0.39, 0.29) is 10.6 Å². The summed E-state index contributed by atoms with van der Waals surface area (Å²) < 4.78 is 0. The summed E-state index contributed by atoms with van der Waals surface area (Å²) in [5, 5.41) is 10.6. The van der Waals surface area contributed by atoms with Gasteiger partial charge in [0.25, 0.3) is 5.69 Å². The molecule has 18 heavy (non-hydrogen) atoms. The van der Waals surface area contributed by atoms with Crippen LogP contribution in [0.3, 0.4) is 0 Å². The van der Waals surface area contributed by atoms with Crippen LogP contribution in [0.4, 0.5) is 5.69 Å². The molecule has 1 aliphatic carbocycles. The Morgan fingerprint density at radius 3 is 2.50 bits per heavy atom. The Labute approximate surface area is 108 Å². The molecular formula is C14H20N2O2. The van der Waals surface area contributed by atoms with Crippen LogP contribution < -0.4 is 0 Å². The molecule has 1 aromatic rings. The molecule has 0 aliphatic heterocycles. The number of hydrogen-bond donors (Lipinski definition) is 0. The smallest absolute Gasteiger partial charge is 0.269 e. The molecule has 0 saturated heterocycles. The molecule has 1 aliphatic rings. The maximum Gasteiger partial charge on any atom is 0.269 e. The molecule has 0 spiro atoms. The van der Waals surface area contributed by atoms with Crippen molar-refractivity contribution in [3.05, 3.63) is 39.9 Å². The molecular weight excluding hydrogens is 228 g/mol. The highest BCUT2D eigenvalue weighted by Crippen LogP contribution is 2.30. The first-order valence-electron chi connectivity index (χ1n) is 6.64.